The summed E-state index contributed by atoms with van der Waals surface area (Å²) in [7, 11) is 0. The number of hydrogen-bond acceptors (Lipinski definition) is 2. The summed E-state index contributed by atoms with van der Waals surface area (Å²) in [4.78, 5) is 4.60. The number of unbranched alkanes of at least 4 members (excludes halogenated alkanes) is 1. The van der Waals surface area contributed by atoms with Crippen LogP contribution in [0.1, 0.15) is 59.3 Å². The fraction of sp³-hybridized carbons (Fsp3) is 0.929. The van der Waals surface area contributed by atoms with Gasteiger partial charge < -0.3 is 5.11 Å². The summed E-state index contributed by atoms with van der Waals surface area (Å²) in [5.74, 6) is 1.52. The Labute approximate surface area is 100 Å². The van der Waals surface area contributed by atoms with Gasteiger partial charge in [-0.05, 0) is 43.7 Å². The van der Waals surface area contributed by atoms with Crippen LogP contribution in [0.15, 0.2) is 4.99 Å². The molecule has 1 aliphatic rings. The zero-order valence-electron chi connectivity index (χ0n) is 11.0. The molecule has 1 aliphatic carbocycles. The minimum Gasteiger partial charge on any atom is -0.391 e. The molecule has 1 fully saturated rings. The van der Waals surface area contributed by atoms with Gasteiger partial charge >= 0.3 is 0 Å². The maximum Gasteiger partial charge on any atom is 0.0782 e. The first kappa shape index (κ1) is 13.7. The van der Waals surface area contributed by atoms with E-state index in [9.17, 15) is 5.11 Å². The van der Waals surface area contributed by atoms with E-state index in [1.54, 1.807) is 0 Å². The summed E-state index contributed by atoms with van der Waals surface area (Å²) in [6.07, 6.45) is 8.59. The molecule has 0 bridgehead atoms. The van der Waals surface area contributed by atoms with Gasteiger partial charge in [0.15, 0.2) is 0 Å². The molecule has 94 valence electrons. The van der Waals surface area contributed by atoms with Crippen molar-refractivity contribution in [1.82, 2.24) is 0 Å². The van der Waals surface area contributed by atoms with Gasteiger partial charge in [0.05, 0.1) is 12.1 Å². The van der Waals surface area contributed by atoms with Crippen LogP contribution in [0, 0.1) is 11.8 Å². The SMILES string of the molecule is CCC/C=N\C(C(O)CC)C1CC(CC)C1. The lowest BCUT2D eigenvalue weighted by Crippen LogP contribution is -2.39. The van der Waals surface area contributed by atoms with Crippen LogP contribution in [0.3, 0.4) is 0 Å². The van der Waals surface area contributed by atoms with Crippen molar-refractivity contribution in [3.63, 3.8) is 0 Å². The van der Waals surface area contributed by atoms with Crippen LogP contribution >= 0.6 is 0 Å². The van der Waals surface area contributed by atoms with Crippen LogP contribution < -0.4 is 0 Å². The molecule has 0 amide bonds. The number of aliphatic hydroxyl groups excluding tert-OH is 1. The summed E-state index contributed by atoms with van der Waals surface area (Å²) in [6, 6.07) is 0.166. The lowest BCUT2D eigenvalue weighted by Gasteiger charge is -2.40. The van der Waals surface area contributed by atoms with Gasteiger partial charge in [-0.15, -0.1) is 0 Å². The number of rotatable bonds is 7. The maximum absolute atomic E-state index is 10.00. The van der Waals surface area contributed by atoms with Crippen molar-refractivity contribution in [3.05, 3.63) is 0 Å². The summed E-state index contributed by atoms with van der Waals surface area (Å²) in [5, 5.41) is 10.00. The van der Waals surface area contributed by atoms with Crippen LogP contribution in [0.5, 0.6) is 0 Å². The first-order chi connectivity index (χ1) is 7.72. The number of aliphatic imine (C=N–C) groups is 1. The van der Waals surface area contributed by atoms with E-state index in [1.165, 1.54) is 19.3 Å². The molecular formula is C14H27NO. The highest BCUT2D eigenvalue weighted by atomic mass is 16.3. The van der Waals surface area contributed by atoms with E-state index < -0.39 is 0 Å². The van der Waals surface area contributed by atoms with Crippen LogP contribution in [-0.4, -0.2) is 23.5 Å². The molecule has 0 aromatic heterocycles. The molecule has 2 unspecified atom stereocenters. The number of nitrogens with zero attached hydrogens (tertiary/aromatic N) is 1. The molecule has 0 spiro atoms. The summed E-state index contributed by atoms with van der Waals surface area (Å²) in [5.41, 5.74) is 0. The average Bonchev–Trinajstić information content (AvgIpc) is 2.24. The van der Waals surface area contributed by atoms with Crippen molar-refractivity contribution in [1.29, 1.82) is 0 Å². The standard InChI is InChI=1S/C14H27NO/c1-4-7-8-15-14(13(16)6-3)12-9-11(5-2)10-12/h8,11-14,16H,4-7,9-10H2,1-3H3/b15-8-. The molecule has 0 aliphatic heterocycles. The van der Waals surface area contributed by atoms with Gasteiger partial charge in [0, 0.05) is 0 Å². The minimum absolute atomic E-state index is 0.166. The summed E-state index contributed by atoms with van der Waals surface area (Å²) in [6.45, 7) is 6.46. The van der Waals surface area contributed by atoms with E-state index in [1.807, 2.05) is 13.1 Å². The molecule has 1 saturated carbocycles. The number of aliphatic hydroxyl groups is 1. The minimum atomic E-state index is -0.240. The van der Waals surface area contributed by atoms with Gasteiger partial charge in [0.1, 0.15) is 0 Å². The van der Waals surface area contributed by atoms with Crippen molar-refractivity contribution >= 4 is 6.21 Å². The Hall–Kier alpha value is -0.370. The molecule has 0 saturated heterocycles. The number of hydrogen-bond donors (Lipinski definition) is 1. The Balaban J connectivity index is 2.45. The molecule has 2 atom stereocenters. The molecule has 16 heavy (non-hydrogen) atoms. The lowest BCUT2D eigenvalue weighted by atomic mass is 9.69. The maximum atomic E-state index is 10.00. The zero-order chi connectivity index (χ0) is 12.0. The van der Waals surface area contributed by atoms with Crippen LogP contribution in [-0.2, 0) is 0 Å². The van der Waals surface area contributed by atoms with Crippen LogP contribution in [0.2, 0.25) is 0 Å². The first-order valence-corrected chi connectivity index (χ1v) is 6.92. The van der Waals surface area contributed by atoms with Gasteiger partial charge in [-0.25, -0.2) is 0 Å². The monoisotopic (exact) mass is 225 g/mol. The van der Waals surface area contributed by atoms with E-state index >= 15 is 0 Å². The van der Waals surface area contributed by atoms with Gasteiger partial charge in [0.25, 0.3) is 0 Å². The molecule has 1 rings (SSSR count). The van der Waals surface area contributed by atoms with Gasteiger partial charge in [-0.1, -0.05) is 33.6 Å². The topological polar surface area (TPSA) is 32.6 Å². The molecule has 0 radical (unpaired) electrons. The molecule has 2 nitrogen and oxygen atoms in total. The Morgan fingerprint density at radius 3 is 2.50 bits per heavy atom. The molecule has 0 aromatic rings. The van der Waals surface area contributed by atoms with E-state index in [0.717, 1.165) is 25.2 Å². The highest BCUT2D eigenvalue weighted by Gasteiger charge is 2.36. The lowest BCUT2D eigenvalue weighted by molar-refractivity contribution is 0.0607. The predicted molar refractivity (Wildman–Crippen MR) is 70.0 cm³/mol. The average molecular weight is 225 g/mol. The van der Waals surface area contributed by atoms with Crippen LogP contribution in [0.25, 0.3) is 0 Å². The van der Waals surface area contributed by atoms with Crippen molar-refractivity contribution in [3.8, 4) is 0 Å². The molecule has 0 aromatic carbocycles. The fourth-order valence-electron chi connectivity index (χ4n) is 2.50. The molecule has 2 heteroatoms. The molecule has 1 N–H and O–H groups in total. The fourth-order valence-corrected chi connectivity index (χ4v) is 2.50. The van der Waals surface area contributed by atoms with Crippen LogP contribution in [0.4, 0.5) is 0 Å². The van der Waals surface area contributed by atoms with Gasteiger partial charge in [0.2, 0.25) is 0 Å². The third-order valence-corrected chi connectivity index (χ3v) is 3.84. The summed E-state index contributed by atoms with van der Waals surface area (Å²) >= 11 is 0. The second-order valence-corrected chi connectivity index (χ2v) is 5.09. The smallest absolute Gasteiger partial charge is 0.0782 e. The Morgan fingerprint density at radius 1 is 1.31 bits per heavy atom. The first-order valence-electron chi connectivity index (χ1n) is 6.92. The van der Waals surface area contributed by atoms with E-state index in [-0.39, 0.29) is 12.1 Å². The highest BCUT2D eigenvalue weighted by molar-refractivity contribution is 5.57. The second kappa shape index (κ2) is 7.05. The second-order valence-electron chi connectivity index (χ2n) is 5.09. The predicted octanol–water partition coefficient (Wildman–Crippen LogP) is 3.43. The van der Waals surface area contributed by atoms with Crippen molar-refractivity contribution in [2.75, 3.05) is 0 Å². The third-order valence-electron chi connectivity index (χ3n) is 3.84. The molecule has 0 heterocycles. The summed E-state index contributed by atoms with van der Waals surface area (Å²) < 4.78 is 0. The third kappa shape index (κ3) is 3.58. The van der Waals surface area contributed by atoms with Crippen molar-refractivity contribution < 1.29 is 5.11 Å². The van der Waals surface area contributed by atoms with Crippen molar-refractivity contribution in [2.24, 2.45) is 16.8 Å². The Bertz CT molecular complexity index is 209. The normalized spacial score (nSPS) is 29.0. The molecular weight excluding hydrogens is 198 g/mol. The highest BCUT2D eigenvalue weighted by Crippen LogP contribution is 2.40. The Morgan fingerprint density at radius 2 is 2.00 bits per heavy atom. The quantitative estimate of drug-likeness (QED) is 0.661. The largest absolute Gasteiger partial charge is 0.391 e. The Kier molecular flexibility index (Phi) is 6.04. The van der Waals surface area contributed by atoms with Gasteiger partial charge in [-0.2, -0.15) is 0 Å². The van der Waals surface area contributed by atoms with E-state index in [2.05, 4.69) is 18.8 Å². The van der Waals surface area contributed by atoms with Crippen molar-refractivity contribution in [2.45, 2.75) is 71.4 Å². The zero-order valence-corrected chi connectivity index (χ0v) is 11.0. The van der Waals surface area contributed by atoms with E-state index in [4.69, 9.17) is 0 Å². The van der Waals surface area contributed by atoms with E-state index in [0.29, 0.717) is 5.92 Å². The van der Waals surface area contributed by atoms with Gasteiger partial charge in [-0.3, -0.25) is 4.99 Å².